The molecule has 1 spiro atoms. The molecule has 3 N–H and O–H groups in total. The van der Waals surface area contributed by atoms with Crippen molar-refractivity contribution in [1.82, 2.24) is 15.5 Å². The fourth-order valence-electron chi connectivity index (χ4n) is 4.95. The van der Waals surface area contributed by atoms with Crippen LogP contribution in [-0.4, -0.2) is 39.4 Å². The van der Waals surface area contributed by atoms with Crippen LogP contribution in [0.25, 0.3) is 0 Å². The number of nitrogens with one attached hydrogen (secondary N) is 2. The maximum absolute atomic E-state index is 13.3. The van der Waals surface area contributed by atoms with Gasteiger partial charge in [0.05, 0.1) is 11.5 Å². The molecule has 2 bridgehead atoms. The van der Waals surface area contributed by atoms with Crippen LogP contribution in [0.1, 0.15) is 17.5 Å². The van der Waals surface area contributed by atoms with Crippen molar-refractivity contribution >= 4 is 11.8 Å². The first-order chi connectivity index (χ1) is 14.1. The molecule has 148 valence electrons. The second kappa shape index (κ2) is 6.74. The summed E-state index contributed by atoms with van der Waals surface area (Å²) >= 11 is 0. The SMILES string of the molecule is O=C(NCc1ccccc1)[C@@H]1N(Cc2ccc(O)cc2)C(=O)[C@H]2CC3C=CC21N3. The van der Waals surface area contributed by atoms with Crippen molar-refractivity contribution in [3.8, 4) is 5.75 Å². The highest BCUT2D eigenvalue weighted by Crippen LogP contribution is 2.48. The van der Waals surface area contributed by atoms with Gasteiger partial charge in [0.2, 0.25) is 11.8 Å². The first-order valence-corrected chi connectivity index (χ1v) is 9.94. The van der Waals surface area contributed by atoms with Crippen LogP contribution in [0.5, 0.6) is 5.75 Å². The summed E-state index contributed by atoms with van der Waals surface area (Å²) in [4.78, 5) is 28.3. The lowest BCUT2D eigenvalue weighted by atomic mass is 9.80. The smallest absolute Gasteiger partial charge is 0.245 e. The Morgan fingerprint density at radius 3 is 2.62 bits per heavy atom. The van der Waals surface area contributed by atoms with E-state index >= 15 is 0 Å². The highest BCUT2D eigenvalue weighted by molar-refractivity contribution is 5.96. The van der Waals surface area contributed by atoms with Crippen LogP contribution in [0, 0.1) is 5.92 Å². The lowest BCUT2D eigenvalue weighted by Crippen LogP contribution is -2.58. The standard InChI is InChI=1S/C23H23N3O3/c27-18-8-6-16(7-9-18)14-26-20(21(28)24-13-15-4-2-1-3-5-15)23-11-10-17(25-23)12-19(23)22(26)29/h1-11,17,19-20,25,27H,12-14H2,(H,24,28)/t17?,19-,20+,23?/m1/s1. The highest BCUT2D eigenvalue weighted by Gasteiger charge is 2.66. The monoisotopic (exact) mass is 389 g/mol. The molecule has 3 heterocycles. The highest BCUT2D eigenvalue weighted by atomic mass is 16.3. The van der Waals surface area contributed by atoms with Gasteiger partial charge in [-0.3, -0.25) is 14.9 Å². The van der Waals surface area contributed by atoms with Crippen LogP contribution in [0.3, 0.4) is 0 Å². The number of phenols is 1. The molecule has 2 aromatic carbocycles. The number of aromatic hydroxyl groups is 1. The van der Waals surface area contributed by atoms with Gasteiger partial charge in [-0.1, -0.05) is 54.6 Å². The Balaban J connectivity index is 1.43. The second-order valence-electron chi connectivity index (χ2n) is 8.07. The van der Waals surface area contributed by atoms with Gasteiger partial charge in [-0.2, -0.15) is 0 Å². The number of carbonyl (C=O) groups is 2. The molecular formula is C23H23N3O3. The number of phenolic OH excluding ortho intramolecular Hbond substituents is 1. The molecule has 6 nitrogen and oxygen atoms in total. The fourth-order valence-corrected chi connectivity index (χ4v) is 4.95. The minimum Gasteiger partial charge on any atom is -0.508 e. The molecule has 0 aromatic heterocycles. The molecule has 2 unspecified atom stereocenters. The molecule has 3 aliphatic rings. The Morgan fingerprint density at radius 2 is 1.90 bits per heavy atom. The zero-order valence-electron chi connectivity index (χ0n) is 15.9. The van der Waals surface area contributed by atoms with Crippen molar-refractivity contribution in [3.63, 3.8) is 0 Å². The molecule has 6 heteroatoms. The topological polar surface area (TPSA) is 81.7 Å². The molecule has 4 atom stereocenters. The van der Waals surface area contributed by atoms with Crippen LogP contribution in [0.2, 0.25) is 0 Å². The van der Waals surface area contributed by atoms with Crippen molar-refractivity contribution in [2.24, 2.45) is 5.92 Å². The van der Waals surface area contributed by atoms with Gasteiger partial charge < -0.3 is 15.3 Å². The number of fused-ring (bicyclic) bond motifs is 1. The van der Waals surface area contributed by atoms with Crippen LogP contribution in [0.15, 0.2) is 66.7 Å². The predicted octanol–water partition coefficient (Wildman–Crippen LogP) is 1.71. The zero-order chi connectivity index (χ0) is 20.0. The van der Waals surface area contributed by atoms with Crippen molar-refractivity contribution in [1.29, 1.82) is 0 Å². The van der Waals surface area contributed by atoms with E-state index in [1.807, 2.05) is 36.4 Å². The van der Waals surface area contributed by atoms with Crippen molar-refractivity contribution in [2.45, 2.75) is 37.1 Å². The lowest BCUT2D eigenvalue weighted by molar-refractivity contribution is -0.137. The van der Waals surface area contributed by atoms with Crippen LogP contribution in [-0.2, 0) is 22.7 Å². The van der Waals surface area contributed by atoms with E-state index in [1.165, 1.54) is 0 Å². The Morgan fingerprint density at radius 1 is 1.14 bits per heavy atom. The number of benzene rings is 2. The van der Waals surface area contributed by atoms with Gasteiger partial charge >= 0.3 is 0 Å². The largest absolute Gasteiger partial charge is 0.508 e. The minimum absolute atomic E-state index is 0.0114. The van der Waals surface area contributed by atoms with Crippen LogP contribution in [0.4, 0.5) is 0 Å². The average molecular weight is 389 g/mol. The first kappa shape index (κ1) is 17.9. The second-order valence-corrected chi connectivity index (χ2v) is 8.07. The summed E-state index contributed by atoms with van der Waals surface area (Å²) < 4.78 is 0. The van der Waals surface area contributed by atoms with E-state index in [4.69, 9.17) is 0 Å². The Hall–Kier alpha value is -3.12. The van der Waals surface area contributed by atoms with Crippen LogP contribution >= 0.6 is 0 Å². The van der Waals surface area contributed by atoms with E-state index in [0.717, 1.165) is 17.5 Å². The number of nitrogens with zero attached hydrogens (tertiary/aromatic N) is 1. The van der Waals surface area contributed by atoms with Crippen molar-refractivity contribution in [2.75, 3.05) is 0 Å². The molecule has 2 aromatic rings. The number of rotatable bonds is 5. The van der Waals surface area contributed by atoms with Crippen molar-refractivity contribution < 1.29 is 14.7 Å². The third-order valence-electron chi connectivity index (χ3n) is 6.30. The quantitative estimate of drug-likeness (QED) is 0.680. The summed E-state index contributed by atoms with van der Waals surface area (Å²) in [6.45, 7) is 0.756. The van der Waals surface area contributed by atoms with Crippen molar-refractivity contribution in [3.05, 3.63) is 77.9 Å². The fraction of sp³-hybridized carbons (Fsp3) is 0.304. The Kier molecular flexibility index (Phi) is 4.17. The maximum atomic E-state index is 13.3. The summed E-state index contributed by atoms with van der Waals surface area (Å²) in [5.74, 6) is -0.181. The molecule has 3 aliphatic heterocycles. The van der Waals surface area contributed by atoms with E-state index < -0.39 is 11.6 Å². The van der Waals surface area contributed by atoms with E-state index in [2.05, 4.69) is 16.7 Å². The third-order valence-corrected chi connectivity index (χ3v) is 6.30. The maximum Gasteiger partial charge on any atom is 0.245 e. The van der Waals surface area contributed by atoms with Gasteiger partial charge in [-0.15, -0.1) is 0 Å². The number of likely N-dealkylation sites (tertiary alicyclic amines) is 1. The van der Waals surface area contributed by atoms with Gasteiger partial charge in [0.25, 0.3) is 0 Å². The molecule has 2 fully saturated rings. The van der Waals surface area contributed by atoms with E-state index in [1.54, 1.807) is 29.2 Å². The van der Waals surface area contributed by atoms with E-state index in [0.29, 0.717) is 13.1 Å². The van der Waals surface area contributed by atoms with Gasteiger partial charge in [0, 0.05) is 19.1 Å². The number of hydrogen-bond acceptors (Lipinski definition) is 4. The third kappa shape index (κ3) is 2.91. The molecule has 2 saturated heterocycles. The molecule has 5 rings (SSSR count). The zero-order valence-corrected chi connectivity index (χ0v) is 15.9. The predicted molar refractivity (Wildman–Crippen MR) is 108 cm³/mol. The normalized spacial score (nSPS) is 29.3. The molecule has 2 amide bonds. The number of hydrogen-bond donors (Lipinski definition) is 3. The minimum atomic E-state index is -0.639. The number of carbonyl (C=O) groups excluding carboxylic acids is 2. The summed E-state index contributed by atoms with van der Waals surface area (Å²) in [5.41, 5.74) is 1.26. The van der Waals surface area contributed by atoms with E-state index in [9.17, 15) is 14.7 Å². The summed E-state index contributed by atoms with van der Waals surface area (Å²) in [5, 5.41) is 16.1. The van der Waals surface area contributed by atoms with Gasteiger partial charge in [0.1, 0.15) is 11.8 Å². The Bertz CT molecular complexity index is 973. The van der Waals surface area contributed by atoms with Gasteiger partial charge in [-0.25, -0.2) is 0 Å². The number of amides is 2. The lowest BCUT2D eigenvalue weighted by Gasteiger charge is -2.33. The summed E-state index contributed by atoms with van der Waals surface area (Å²) in [7, 11) is 0. The molecule has 0 saturated carbocycles. The average Bonchev–Trinajstić information content (AvgIpc) is 3.38. The molecule has 29 heavy (non-hydrogen) atoms. The summed E-state index contributed by atoms with van der Waals surface area (Å²) in [6.07, 6.45) is 4.82. The van der Waals surface area contributed by atoms with Gasteiger partial charge in [-0.05, 0) is 29.7 Å². The van der Waals surface area contributed by atoms with E-state index in [-0.39, 0.29) is 29.5 Å². The molecule has 0 aliphatic carbocycles. The summed E-state index contributed by atoms with van der Waals surface area (Å²) in [6, 6.07) is 16.1. The Labute approximate surface area is 169 Å². The molecule has 0 radical (unpaired) electrons. The van der Waals surface area contributed by atoms with Crippen LogP contribution < -0.4 is 10.6 Å². The molecular weight excluding hydrogens is 366 g/mol. The first-order valence-electron chi connectivity index (χ1n) is 9.94. The van der Waals surface area contributed by atoms with Gasteiger partial charge in [0.15, 0.2) is 0 Å².